The molecule has 0 saturated carbocycles. The van der Waals surface area contributed by atoms with Crippen molar-refractivity contribution in [1.82, 2.24) is 9.38 Å². The average Bonchev–Trinajstić information content (AvgIpc) is 2.85. The van der Waals surface area contributed by atoms with E-state index in [2.05, 4.69) is 20.9 Å². The molecule has 112 valence electrons. The Morgan fingerprint density at radius 2 is 2.14 bits per heavy atom. The number of hydrogen-bond acceptors (Lipinski definition) is 4. The van der Waals surface area contributed by atoms with E-state index in [-0.39, 0.29) is 5.69 Å². The van der Waals surface area contributed by atoms with Gasteiger partial charge in [0.05, 0.1) is 16.3 Å². The summed E-state index contributed by atoms with van der Waals surface area (Å²) in [6, 6.07) is 10.4. The first kappa shape index (κ1) is 14.7. The summed E-state index contributed by atoms with van der Waals surface area (Å²) in [6.45, 7) is 0.465. The molecule has 22 heavy (non-hydrogen) atoms. The van der Waals surface area contributed by atoms with Gasteiger partial charge < -0.3 is 5.73 Å². The fourth-order valence-electron chi connectivity index (χ4n) is 2.45. The second-order valence-electron chi connectivity index (χ2n) is 4.83. The molecule has 0 aliphatic carbocycles. The Morgan fingerprint density at radius 1 is 1.32 bits per heavy atom. The summed E-state index contributed by atoms with van der Waals surface area (Å²) in [4.78, 5) is 15.2. The minimum absolute atomic E-state index is 0.0566. The van der Waals surface area contributed by atoms with E-state index in [0.29, 0.717) is 13.0 Å². The fourth-order valence-corrected chi connectivity index (χ4v) is 2.79. The molecule has 0 unspecified atom stereocenters. The summed E-state index contributed by atoms with van der Waals surface area (Å²) < 4.78 is 2.83. The number of benzene rings is 1. The second kappa shape index (κ2) is 5.86. The molecule has 0 saturated heterocycles. The summed E-state index contributed by atoms with van der Waals surface area (Å²) >= 11 is 3.44. The van der Waals surface area contributed by atoms with E-state index in [9.17, 15) is 10.1 Å². The molecule has 2 N–H and O–H groups in total. The summed E-state index contributed by atoms with van der Waals surface area (Å²) in [5.74, 6) is 0. The number of rotatable bonds is 4. The van der Waals surface area contributed by atoms with Crippen LogP contribution in [0.4, 0.5) is 5.69 Å². The van der Waals surface area contributed by atoms with Crippen LogP contribution >= 0.6 is 15.9 Å². The van der Waals surface area contributed by atoms with Crippen molar-refractivity contribution < 1.29 is 4.92 Å². The number of pyridine rings is 1. The van der Waals surface area contributed by atoms with Gasteiger partial charge in [-0.3, -0.25) is 14.5 Å². The topological polar surface area (TPSA) is 86.5 Å². The van der Waals surface area contributed by atoms with Gasteiger partial charge in [-0.1, -0.05) is 12.1 Å². The monoisotopic (exact) mass is 360 g/mol. The highest BCUT2D eigenvalue weighted by molar-refractivity contribution is 9.10. The highest BCUT2D eigenvalue weighted by atomic mass is 79.9. The Morgan fingerprint density at radius 3 is 2.86 bits per heavy atom. The van der Waals surface area contributed by atoms with E-state index >= 15 is 0 Å². The van der Waals surface area contributed by atoms with Gasteiger partial charge in [-0.25, -0.2) is 4.98 Å². The quantitative estimate of drug-likeness (QED) is 0.571. The molecular weight excluding hydrogens is 348 g/mol. The van der Waals surface area contributed by atoms with Crippen molar-refractivity contribution >= 4 is 27.3 Å². The third kappa shape index (κ3) is 2.60. The SMILES string of the molecule is NCCc1nc2ccc(Br)cn2c1-c1cccc([N+](=O)[O-])c1. The zero-order valence-electron chi connectivity index (χ0n) is 11.6. The van der Waals surface area contributed by atoms with Crippen LogP contribution in [-0.4, -0.2) is 20.9 Å². The zero-order valence-corrected chi connectivity index (χ0v) is 13.2. The van der Waals surface area contributed by atoms with Crippen LogP contribution in [0.5, 0.6) is 0 Å². The first-order valence-corrected chi connectivity index (χ1v) is 7.51. The van der Waals surface area contributed by atoms with Gasteiger partial charge in [0.25, 0.3) is 5.69 Å². The van der Waals surface area contributed by atoms with Gasteiger partial charge in [-0.2, -0.15) is 0 Å². The number of imidazole rings is 1. The molecule has 7 heteroatoms. The standard InChI is InChI=1S/C15H13BrN4O2/c16-11-4-5-14-18-13(6-7-17)15(19(14)9-11)10-2-1-3-12(8-10)20(21)22/h1-5,8-9H,6-7,17H2. The Balaban J connectivity index is 2.27. The van der Waals surface area contributed by atoms with Crippen LogP contribution in [0.3, 0.4) is 0 Å². The molecule has 1 aromatic carbocycles. The van der Waals surface area contributed by atoms with Gasteiger partial charge in [-0.05, 0) is 34.6 Å². The fraction of sp³-hybridized carbons (Fsp3) is 0.133. The van der Waals surface area contributed by atoms with Gasteiger partial charge in [0.2, 0.25) is 0 Å². The number of nitro groups is 1. The molecule has 0 radical (unpaired) electrons. The molecule has 0 atom stereocenters. The van der Waals surface area contributed by atoms with Gasteiger partial charge >= 0.3 is 0 Å². The molecule has 0 fully saturated rings. The largest absolute Gasteiger partial charge is 0.330 e. The zero-order chi connectivity index (χ0) is 15.7. The number of fused-ring (bicyclic) bond motifs is 1. The lowest BCUT2D eigenvalue weighted by Gasteiger charge is -2.05. The number of nitrogens with two attached hydrogens (primary N) is 1. The lowest BCUT2D eigenvalue weighted by atomic mass is 10.1. The lowest BCUT2D eigenvalue weighted by molar-refractivity contribution is -0.384. The minimum Gasteiger partial charge on any atom is -0.330 e. The van der Waals surface area contributed by atoms with Crippen LogP contribution in [0.1, 0.15) is 5.69 Å². The number of nitrogens with zero attached hydrogens (tertiary/aromatic N) is 3. The van der Waals surface area contributed by atoms with Gasteiger partial charge in [0.1, 0.15) is 5.65 Å². The maximum absolute atomic E-state index is 11.0. The first-order chi connectivity index (χ1) is 10.6. The smallest absolute Gasteiger partial charge is 0.270 e. The third-order valence-electron chi connectivity index (χ3n) is 3.37. The molecule has 6 nitrogen and oxygen atoms in total. The first-order valence-electron chi connectivity index (χ1n) is 6.71. The number of nitro benzene ring substituents is 1. The van der Waals surface area contributed by atoms with Gasteiger partial charge in [0, 0.05) is 34.8 Å². The van der Waals surface area contributed by atoms with Gasteiger partial charge in [0.15, 0.2) is 0 Å². The van der Waals surface area contributed by atoms with Crippen LogP contribution in [0.25, 0.3) is 16.9 Å². The Bertz CT molecular complexity index is 860. The van der Waals surface area contributed by atoms with Crippen LogP contribution in [0, 0.1) is 10.1 Å². The summed E-state index contributed by atoms with van der Waals surface area (Å²) in [7, 11) is 0. The Labute approximate surface area is 134 Å². The molecule has 3 aromatic rings. The number of halogens is 1. The molecule has 0 bridgehead atoms. The molecule has 0 aliphatic heterocycles. The van der Waals surface area contributed by atoms with Crippen LogP contribution in [-0.2, 0) is 6.42 Å². The number of non-ortho nitro benzene ring substituents is 1. The number of aromatic nitrogens is 2. The average molecular weight is 361 g/mol. The predicted molar refractivity (Wildman–Crippen MR) is 87.7 cm³/mol. The highest BCUT2D eigenvalue weighted by Crippen LogP contribution is 2.29. The van der Waals surface area contributed by atoms with E-state index in [0.717, 1.165) is 27.1 Å². The molecule has 0 amide bonds. The Hall–Kier alpha value is -2.25. The highest BCUT2D eigenvalue weighted by Gasteiger charge is 2.16. The van der Waals surface area contributed by atoms with Gasteiger partial charge in [-0.15, -0.1) is 0 Å². The van der Waals surface area contributed by atoms with E-state index in [1.807, 2.05) is 28.8 Å². The van der Waals surface area contributed by atoms with E-state index in [4.69, 9.17) is 5.73 Å². The van der Waals surface area contributed by atoms with Crippen molar-refractivity contribution in [2.75, 3.05) is 6.54 Å². The lowest BCUT2D eigenvalue weighted by Crippen LogP contribution is -2.04. The maximum Gasteiger partial charge on any atom is 0.270 e. The van der Waals surface area contributed by atoms with Crippen LogP contribution in [0.15, 0.2) is 47.1 Å². The third-order valence-corrected chi connectivity index (χ3v) is 3.84. The van der Waals surface area contributed by atoms with Crippen LogP contribution in [0.2, 0.25) is 0 Å². The van der Waals surface area contributed by atoms with E-state index in [1.165, 1.54) is 6.07 Å². The maximum atomic E-state index is 11.0. The summed E-state index contributed by atoms with van der Waals surface area (Å²) in [5.41, 5.74) is 8.94. The summed E-state index contributed by atoms with van der Waals surface area (Å²) in [5, 5.41) is 11.0. The molecule has 0 aliphatic rings. The normalized spacial score (nSPS) is 11.0. The minimum atomic E-state index is -0.398. The van der Waals surface area contributed by atoms with Crippen molar-refractivity contribution in [3.63, 3.8) is 0 Å². The molecule has 3 rings (SSSR count). The molecular formula is C15H13BrN4O2. The summed E-state index contributed by atoms with van der Waals surface area (Å²) in [6.07, 6.45) is 2.51. The van der Waals surface area contributed by atoms with Crippen molar-refractivity contribution in [2.45, 2.75) is 6.42 Å². The Kier molecular flexibility index (Phi) is 3.91. The van der Waals surface area contributed by atoms with Crippen LogP contribution < -0.4 is 5.73 Å². The van der Waals surface area contributed by atoms with E-state index < -0.39 is 4.92 Å². The second-order valence-corrected chi connectivity index (χ2v) is 5.74. The molecule has 2 heterocycles. The molecule has 2 aromatic heterocycles. The van der Waals surface area contributed by atoms with Crippen molar-refractivity contribution in [1.29, 1.82) is 0 Å². The van der Waals surface area contributed by atoms with Crippen molar-refractivity contribution in [2.24, 2.45) is 5.73 Å². The van der Waals surface area contributed by atoms with Crippen molar-refractivity contribution in [3.8, 4) is 11.3 Å². The predicted octanol–water partition coefficient (Wildman–Crippen LogP) is 3.17. The van der Waals surface area contributed by atoms with Crippen molar-refractivity contribution in [3.05, 3.63) is 62.9 Å². The molecule has 0 spiro atoms. The van der Waals surface area contributed by atoms with E-state index in [1.54, 1.807) is 12.1 Å². The number of hydrogen-bond donors (Lipinski definition) is 1.